The largest absolute Gasteiger partial charge is 0.470 e. The van der Waals surface area contributed by atoms with Crippen LogP contribution in [0.1, 0.15) is 0 Å². The molecule has 0 aromatic carbocycles. The molecule has 0 rings (SSSR count). The van der Waals surface area contributed by atoms with Crippen LogP contribution in [0.15, 0.2) is 0 Å². The molecule has 8 heteroatoms. The molecule has 0 unspecified atom stereocenters. The van der Waals surface area contributed by atoms with Gasteiger partial charge in [0, 0.05) is 0 Å². The molecule has 4 nitrogen and oxygen atoms in total. The monoisotopic (exact) mass is 660 g/mol. The average molecular weight is 660 g/mol. The van der Waals surface area contributed by atoms with E-state index in [4.69, 9.17) is 21.4 Å². The molecule has 0 amide bonds. The van der Waals surface area contributed by atoms with Gasteiger partial charge in [-0.1, -0.05) is 11.6 Å². The average Bonchev–Trinajstić information content (AvgIpc) is 1.30. The van der Waals surface area contributed by atoms with E-state index in [2.05, 4.69) is 4.52 Å². The minimum Gasteiger partial charge on any atom is -0.303 e. The topological polar surface area (TPSA) is 66.8 Å². The van der Waals surface area contributed by atoms with Gasteiger partial charge in [0.15, 0.2) is 0 Å². The molecule has 0 aromatic heterocycles. The van der Waals surface area contributed by atoms with E-state index in [1.807, 2.05) is 0 Å². The summed E-state index contributed by atoms with van der Waals surface area (Å²) >= 11 is 4.77. The summed E-state index contributed by atoms with van der Waals surface area (Å²) in [7, 11) is -4.30. The van der Waals surface area contributed by atoms with Crippen molar-refractivity contribution in [3.05, 3.63) is 0 Å². The SMILES string of the molecule is O=P(O)(O)OCCl.[Fm].[Fm]. The quantitative estimate of drug-likeness (QED) is 0.331. The van der Waals surface area contributed by atoms with Gasteiger partial charge >= 0.3 is 7.82 Å². The van der Waals surface area contributed by atoms with E-state index in [9.17, 15) is 4.57 Å². The van der Waals surface area contributed by atoms with Crippen molar-refractivity contribution < 1.29 is 18.9 Å². The van der Waals surface area contributed by atoms with Crippen molar-refractivity contribution in [2.24, 2.45) is 0 Å². The second kappa shape index (κ2) is 4.56. The number of hydrogen-bond acceptors (Lipinski definition) is 2. The summed E-state index contributed by atoms with van der Waals surface area (Å²) in [6.45, 7) is 0. The summed E-state index contributed by atoms with van der Waals surface area (Å²) in [4.78, 5) is 15.6. The van der Waals surface area contributed by atoms with Crippen molar-refractivity contribution >= 4 is 19.4 Å². The Balaban J connectivity index is -0.000000180. The Morgan fingerprint density at radius 2 is 1.78 bits per heavy atom. The molecule has 0 saturated heterocycles. The fourth-order valence-electron chi connectivity index (χ4n) is 0.0636. The number of alkyl halides is 1. The Morgan fingerprint density at radius 1 is 1.44 bits per heavy atom. The normalized spacial score (nSPS) is 9.22. The Bertz CT molecular complexity index is 92.6. The molecule has 0 heterocycles. The first-order valence-corrected chi connectivity index (χ1v) is 3.39. The molecular formula is CH4ClFm2O4P. The summed E-state index contributed by atoms with van der Waals surface area (Å²) in [5.41, 5.74) is 0. The molecule has 0 aromatic rings. The predicted octanol–water partition coefficient (Wildman–Crippen LogP) is 0.292. The number of halogens is 1. The van der Waals surface area contributed by atoms with Crippen molar-refractivity contribution in [2.75, 3.05) is 6.07 Å². The molecular weight excluding hydrogens is 656 g/mol. The maximum atomic E-state index is 9.62. The molecule has 0 spiro atoms. The zero-order chi connectivity index (χ0) is 5.91. The van der Waals surface area contributed by atoms with Gasteiger partial charge in [-0.25, -0.2) is 4.57 Å². The van der Waals surface area contributed by atoms with E-state index >= 15 is 0 Å². The van der Waals surface area contributed by atoms with Gasteiger partial charge in [0.2, 0.25) is 0 Å². The third-order valence-corrected chi connectivity index (χ3v) is 0.944. The Kier molecular flexibility index (Phi) is 7.93. The maximum absolute atomic E-state index is 9.62. The minimum atomic E-state index is -4.30. The predicted molar refractivity (Wildman–Crippen MR) is 23.8 cm³/mol. The Labute approximate surface area is 45.3 Å². The van der Waals surface area contributed by atoms with E-state index < -0.39 is 13.9 Å². The van der Waals surface area contributed by atoms with Gasteiger partial charge in [-0.3, -0.25) is 4.52 Å². The number of hydrogen-bond donors (Lipinski definition) is 2. The number of rotatable bonds is 2. The second-order valence-corrected chi connectivity index (χ2v) is 2.19. The van der Waals surface area contributed by atoms with Crippen LogP contribution in [0.4, 0.5) is 0 Å². The van der Waals surface area contributed by atoms with Gasteiger partial charge in [-0.15, -0.1) is 0 Å². The Hall–Kier alpha value is -1.60. The molecule has 0 bridgehead atoms. The van der Waals surface area contributed by atoms with Crippen LogP contribution >= 0.6 is 19.4 Å². The molecule has 0 fully saturated rings. The summed E-state index contributed by atoms with van der Waals surface area (Å²) in [5.74, 6) is 0. The van der Waals surface area contributed by atoms with E-state index in [0.29, 0.717) is 0 Å². The first kappa shape index (κ1) is 15.7. The molecule has 9 heavy (non-hydrogen) atoms. The van der Waals surface area contributed by atoms with Crippen LogP contribution in [-0.4, -0.2) is 15.9 Å². The van der Waals surface area contributed by atoms with Gasteiger partial charge in [-0.05, 0) is 0 Å². The number of phosphoric acid groups is 1. The van der Waals surface area contributed by atoms with Crippen LogP contribution < -0.4 is 0 Å². The third kappa shape index (κ3) is 21.5. The van der Waals surface area contributed by atoms with Crippen LogP contribution in [-0.2, 0) is 9.09 Å². The van der Waals surface area contributed by atoms with Crippen LogP contribution in [0, 0.1) is 0 Å². The summed E-state index contributed by atoms with van der Waals surface area (Å²) in [6.07, 6.45) is 0. The zero-order valence-corrected chi connectivity index (χ0v) is 10.3. The first-order chi connectivity index (χ1) is 3.06. The fourth-order valence-corrected chi connectivity index (χ4v) is 0.572. The van der Waals surface area contributed by atoms with E-state index in [0.717, 1.165) is 0 Å². The van der Waals surface area contributed by atoms with Crippen LogP contribution in [0.2, 0.25) is 0 Å². The van der Waals surface area contributed by atoms with Gasteiger partial charge < -0.3 is 9.79 Å². The van der Waals surface area contributed by atoms with Gasteiger partial charge in [0.25, 0.3) is 0 Å². The van der Waals surface area contributed by atoms with Crippen LogP contribution in [0.5, 0.6) is 0 Å². The first-order valence-electron chi connectivity index (χ1n) is 1.32. The van der Waals surface area contributed by atoms with Crippen molar-refractivity contribution in [3.63, 3.8) is 0 Å². The van der Waals surface area contributed by atoms with E-state index in [1.54, 1.807) is 0 Å². The molecule has 0 radical (unpaired) electrons. The zero-order valence-electron chi connectivity index (χ0n) is 3.82. The van der Waals surface area contributed by atoms with Gasteiger partial charge in [-0.2, -0.15) is 0 Å². The van der Waals surface area contributed by atoms with Gasteiger partial charge in [0.05, 0.1) is 0 Å². The van der Waals surface area contributed by atoms with Crippen molar-refractivity contribution in [1.82, 2.24) is 0 Å². The summed E-state index contributed by atoms with van der Waals surface area (Å²) in [6, 6.07) is -0.482. The molecule has 68 valence electrons. The van der Waals surface area contributed by atoms with Gasteiger partial charge in [0.1, 0.15) is 6.07 Å². The van der Waals surface area contributed by atoms with Crippen LogP contribution in [0.3, 0.4) is 0 Å². The second-order valence-electron chi connectivity index (χ2n) is 0.729. The molecule has 2 N–H and O–H groups in total. The standard InChI is InChI=1S/CH4ClO4P.2Fm/c2-1-6-7(3,4)5;;/h1H2,(H2,3,4,5);;. The summed E-state index contributed by atoms with van der Waals surface area (Å²) in [5, 5.41) is 0. The van der Waals surface area contributed by atoms with Crippen molar-refractivity contribution in [1.29, 1.82) is 0 Å². The van der Waals surface area contributed by atoms with Crippen LogP contribution in [0.25, 0.3) is 0 Å². The maximum Gasteiger partial charge on any atom is 0.470 e. The van der Waals surface area contributed by atoms with Crippen molar-refractivity contribution in [2.45, 2.75) is 0 Å². The minimum absolute atomic E-state index is 0. The molecule has 0 aliphatic rings. The summed E-state index contributed by atoms with van der Waals surface area (Å²) < 4.78 is 13.3. The molecule has 0 aliphatic heterocycles. The molecule has 0 atom stereocenters. The Morgan fingerprint density at radius 3 is 1.78 bits per heavy atom. The van der Waals surface area contributed by atoms with Crippen molar-refractivity contribution in [3.8, 4) is 0 Å². The molecule has 0 saturated carbocycles. The smallest absolute Gasteiger partial charge is 0.303 e. The van der Waals surface area contributed by atoms with E-state index in [1.165, 1.54) is 0 Å². The molecule has 0 aliphatic carbocycles. The fraction of sp³-hybridized carbons (Fsp3) is 1.00. The van der Waals surface area contributed by atoms with E-state index in [-0.39, 0.29) is 0 Å². The number of phosphoric ester groups is 1. The third-order valence-electron chi connectivity index (χ3n) is 0.217.